The largest absolute Gasteiger partial charge is 0.481 e. The highest BCUT2D eigenvalue weighted by molar-refractivity contribution is 5.92. The van der Waals surface area contributed by atoms with Gasteiger partial charge in [-0.2, -0.15) is 0 Å². The lowest BCUT2D eigenvalue weighted by molar-refractivity contribution is -0.137. The number of carboxylic acids is 1. The zero-order chi connectivity index (χ0) is 17.4. The second-order valence-electron chi connectivity index (χ2n) is 5.73. The van der Waals surface area contributed by atoms with Crippen LogP contribution in [-0.4, -0.2) is 16.1 Å². The van der Waals surface area contributed by atoms with Gasteiger partial charge in [0.15, 0.2) is 0 Å². The summed E-state index contributed by atoms with van der Waals surface area (Å²) in [6, 6.07) is 7.46. The van der Waals surface area contributed by atoms with Crippen molar-refractivity contribution in [1.29, 1.82) is 0 Å². The molecule has 24 heavy (non-hydrogen) atoms. The number of benzene rings is 2. The van der Waals surface area contributed by atoms with Crippen molar-refractivity contribution in [3.05, 3.63) is 59.4 Å². The summed E-state index contributed by atoms with van der Waals surface area (Å²) in [5, 5.41) is 9.35. The molecular weight excluding hydrogens is 319 g/mol. The third kappa shape index (κ3) is 2.87. The lowest BCUT2D eigenvalue weighted by Crippen LogP contribution is -2.03. The lowest BCUT2D eigenvalue weighted by atomic mass is 9.92. The Kier molecular flexibility index (Phi) is 4.05. The number of halogens is 3. The van der Waals surface area contributed by atoms with Crippen LogP contribution in [0.2, 0.25) is 0 Å². The van der Waals surface area contributed by atoms with Crippen LogP contribution >= 0.6 is 0 Å². The van der Waals surface area contributed by atoms with Gasteiger partial charge in [0.2, 0.25) is 0 Å². The minimum Gasteiger partial charge on any atom is -0.481 e. The summed E-state index contributed by atoms with van der Waals surface area (Å²) >= 11 is 0. The summed E-state index contributed by atoms with van der Waals surface area (Å²) in [7, 11) is 0. The molecule has 1 atom stereocenters. The van der Waals surface area contributed by atoms with E-state index in [9.17, 15) is 18.0 Å². The molecule has 0 aliphatic rings. The summed E-state index contributed by atoms with van der Waals surface area (Å²) in [5.74, 6) is -3.43. The van der Waals surface area contributed by atoms with Crippen molar-refractivity contribution in [3.8, 4) is 11.3 Å². The normalized spacial score (nSPS) is 12.5. The molecule has 0 fully saturated rings. The molecule has 0 radical (unpaired) electrons. The van der Waals surface area contributed by atoms with E-state index >= 15 is 0 Å². The van der Waals surface area contributed by atoms with Gasteiger partial charge in [-0.1, -0.05) is 6.92 Å². The number of nitrogens with one attached hydrogen (secondary N) is 1. The minimum absolute atomic E-state index is 0.1000. The third-order valence-corrected chi connectivity index (χ3v) is 3.97. The summed E-state index contributed by atoms with van der Waals surface area (Å²) in [4.78, 5) is 14.0. The van der Waals surface area contributed by atoms with Crippen molar-refractivity contribution >= 4 is 16.9 Å². The first-order chi connectivity index (χ1) is 11.4. The Hall–Kier alpha value is -2.76. The van der Waals surface area contributed by atoms with Crippen LogP contribution in [-0.2, 0) is 4.79 Å². The van der Waals surface area contributed by atoms with Crippen LogP contribution in [0.4, 0.5) is 13.2 Å². The van der Waals surface area contributed by atoms with E-state index in [2.05, 4.69) is 4.98 Å². The summed E-state index contributed by atoms with van der Waals surface area (Å²) in [6.45, 7) is 1.67. The standard InChI is InChI=1S/C18H14F3NO2/c1-9(6-15(23)24)16-13-7-12(20)8-14(21)18(13)22-17(16)10-2-4-11(19)5-3-10/h2-5,7-9,22H,6H2,1H3,(H,23,24). The Morgan fingerprint density at radius 1 is 1.12 bits per heavy atom. The molecule has 0 saturated heterocycles. The van der Waals surface area contributed by atoms with Crippen molar-refractivity contribution in [3.63, 3.8) is 0 Å². The fourth-order valence-corrected chi connectivity index (χ4v) is 2.96. The molecule has 1 aromatic heterocycles. The topological polar surface area (TPSA) is 53.1 Å². The average molecular weight is 333 g/mol. The molecule has 1 heterocycles. The first-order valence-electron chi connectivity index (χ1n) is 7.35. The van der Waals surface area contributed by atoms with Crippen LogP contribution in [0.1, 0.15) is 24.8 Å². The van der Waals surface area contributed by atoms with Crippen molar-refractivity contribution < 1.29 is 23.1 Å². The Bertz CT molecular complexity index is 916. The molecule has 0 spiro atoms. The molecule has 3 nitrogen and oxygen atoms in total. The first kappa shape index (κ1) is 16.1. The summed E-state index contributed by atoms with van der Waals surface area (Å²) < 4.78 is 40.9. The predicted molar refractivity (Wildman–Crippen MR) is 84.3 cm³/mol. The van der Waals surface area contributed by atoms with Crippen molar-refractivity contribution in [2.75, 3.05) is 0 Å². The highest BCUT2D eigenvalue weighted by Crippen LogP contribution is 2.38. The van der Waals surface area contributed by atoms with E-state index < -0.39 is 29.3 Å². The van der Waals surface area contributed by atoms with Crippen molar-refractivity contribution in [1.82, 2.24) is 4.98 Å². The molecule has 124 valence electrons. The third-order valence-electron chi connectivity index (χ3n) is 3.97. The molecule has 2 aromatic carbocycles. The number of H-pyrrole nitrogens is 1. The van der Waals surface area contributed by atoms with Crippen LogP contribution in [0.3, 0.4) is 0 Å². The molecule has 0 aliphatic heterocycles. The van der Waals surface area contributed by atoms with Gasteiger partial charge in [-0.25, -0.2) is 13.2 Å². The molecule has 3 aromatic rings. The van der Waals surface area contributed by atoms with E-state index in [0.717, 1.165) is 6.07 Å². The van der Waals surface area contributed by atoms with Gasteiger partial charge in [0.1, 0.15) is 17.5 Å². The van der Waals surface area contributed by atoms with Gasteiger partial charge in [0, 0.05) is 11.5 Å². The molecule has 0 bridgehead atoms. The number of fused-ring (bicyclic) bond motifs is 1. The maximum absolute atomic E-state index is 14.1. The first-order valence-corrected chi connectivity index (χ1v) is 7.35. The molecular formula is C18H14F3NO2. The van der Waals surface area contributed by atoms with Crippen LogP contribution < -0.4 is 0 Å². The maximum Gasteiger partial charge on any atom is 0.303 e. The van der Waals surface area contributed by atoms with Crippen molar-refractivity contribution in [2.45, 2.75) is 19.3 Å². The van der Waals surface area contributed by atoms with Gasteiger partial charge in [0.25, 0.3) is 0 Å². The number of rotatable bonds is 4. The number of hydrogen-bond acceptors (Lipinski definition) is 1. The van der Waals surface area contributed by atoms with Gasteiger partial charge in [-0.3, -0.25) is 4.79 Å². The van der Waals surface area contributed by atoms with E-state index in [-0.39, 0.29) is 11.9 Å². The van der Waals surface area contributed by atoms with Gasteiger partial charge in [0.05, 0.1) is 17.6 Å². The van der Waals surface area contributed by atoms with Crippen LogP contribution in [0.25, 0.3) is 22.2 Å². The highest BCUT2D eigenvalue weighted by atomic mass is 19.1. The van der Waals surface area contributed by atoms with Gasteiger partial charge < -0.3 is 10.1 Å². The fraction of sp³-hybridized carbons (Fsp3) is 0.167. The molecule has 1 unspecified atom stereocenters. The predicted octanol–water partition coefficient (Wildman–Crippen LogP) is 4.83. The number of carbonyl (C=O) groups is 1. The maximum atomic E-state index is 14.1. The molecule has 0 saturated carbocycles. The highest BCUT2D eigenvalue weighted by Gasteiger charge is 2.22. The Balaban J connectivity index is 2.28. The zero-order valence-corrected chi connectivity index (χ0v) is 12.7. The van der Waals surface area contributed by atoms with Crippen molar-refractivity contribution in [2.24, 2.45) is 0 Å². The van der Waals surface area contributed by atoms with Crippen LogP contribution in [0.15, 0.2) is 36.4 Å². The summed E-state index contributed by atoms with van der Waals surface area (Å²) in [6.07, 6.45) is -0.195. The average Bonchev–Trinajstić information content (AvgIpc) is 2.87. The number of aromatic amines is 1. The Labute approximate surface area is 135 Å². The second kappa shape index (κ2) is 6.03. The SMILES string of the molecule is CC(CC(=O)O)c1c(-c2ccc(F)cc2)[nH]c2c(F)cc(F)cc12. The molecule has 2 N–H and O–H groups in total. The number of carboxylic acid groups (broad SMARTS) is 1. The van der Waals surface area contributed by atoms with Gasteiger partial charge in [-0.05, 0) is 47.4 Å². The van der Waals surface area contributed by atoms with E-state index in [4.69, 9.17) is 5.11 Å². The molecule has 0 aliphatic carbocycles. The Morgan fingerprint density at radius 2 is 1.79 bits per heavy atom. The second-order valence-corrected chi connectivity index (χ2v) is 5.73. The molecule has 3 rings (SSSR count). The van der Waals surface area contributed by atoms with E-state index in [1.807, 2.05) is 0 Å². The number of aromatic nitrogens is 1. The molecule has 6 heteroatoms. The van der Waals surface area contributed by atoms with Crippen LogP contribution in [0, 0.1) is 17.5 Å². The Morgan fingerprint density at radius 3 is 2.42 bits per heavy atom. The number of aliphatic carboxylic acids is 1. The fourth-order valence-electron chi connectivity index (χ4n) is 2.96. The van der Waals surface area contributed by atoms with Gasteiger partial charge in [-0.15, -0.1) is 0 Å². The van der Waals surface area contributed by atoms with Crippen LogP contribution in [0.5, 0.6) is 0 Å². The lowest BCUT2D eigenvalue weighted by Gasteiger charge is -2.12. The van der Waals surface area contributed by atoms with E-state index in [0.29, 0.717) is 22.2 Å². The van der Waals surface area contributed by atoms with E-state index in [1.165, 1.54) is 30.3 Å². The smallest absolute Gasteiger partial charge is 0.303 e. The monoisotopic (exact) mass is 333 g/mol. The summed E-state index contributed by atoms with van der Waals surface area (Å²) in [5.41, 5.74) is 1.63. The quantitative estimate of drug-likeness (QED) is 0.718. The minimum atomic E-state index is -1.02. The zero-order valence-electron chi connectivity index (χ0n) is 12.7. The molecule has 0 amide bonds. The van der Waals surface area contributed by atoms with Gasteiger partial charge >= 0.3 is 5.97 Å². The number of hydrogen-bond donors (Lipinski definition) is 2. The van der Waals surface area contributed by atoms with E-state index in [1.54, 1.807) is 6.92 Å².